The van der Waals surface area contributed by atoms with E-state index in [2.05, 4.69) is 15.3 Å². The molecule has 8 nitrogen and oxygen atoms in total. The van der Waals surface area contributed by atoms with Crippen LogP contribution in [0.25, 0.3) is 0 Å². The van der Waals surface area contributed by atoms with Crippen molar-refractivity contribution in [2.75, 3.05) is 0 Å². The summed E-state index contributed by atoms with van der Waals surface area (Å²) in [5.41, 5.74) is 1.51. The van der Waals surface area contributed by atoms with Crippen LogP contribution in [0.15, 0.2) is 76.8 Å². The number of hydrogen-bond acceptors (Lipinski definition) is 6. The van der Waals surface area contributed by atoms with Crippen molar-refractivity contribution >= 4 is 11.6 Å². The zero-order chi connectivity index (χ0) is 21.1. The molecular formula is C22H19N5O3. The van der Waals surface area contributed by atoms with E-state index >= 15 is 0 Å². The summed E-state index contributed by atoms with van der Waals surface area (Å²) in [6, 6.07) is 17.2. The smallest absolute Gasteiger partial charge is 0.269 e. The van der Waals surface area contributed by atoms with Gasteiger partial charge < -0.3 is 5.32 Å². The molecule has 0 fully saturated rings. The van der Waals surface area contributed by atoms with Crippen LogP contribution in [0.4, 0.5) is 5.69 Å². The fourth-order valence-electron chi connectivity index (χ4n) is 3.37. The Kier molecular flexibility index (Phi) is 5.05. The number of nitrogens with one attached hydrogen (secondary N) is 1. The molecule has 2 aromatic carbocycles. The summed E-state index contributed by atoms with van der Waals surface area (Å²) < 4.78 is 0. The Morgan fingerprint density at radius 1 is 1.07 bits per heavy atom. The zero-order valence-corrected chi connectivity index (χ0v) is 16.3. The fraction of sp³-hybridized carbons (Fsp3) is 0.182. The highest BCUT2D eigenvalue weighted by molar-refractivity contribution is 5.94. The van der Waals surface area contributed by atoms with Gasteiger partial charge in [-0.3, -0.25) is 29.9 Å². The highest BCUT2D eigenvalue weighted by Crippen LogP contribution is 2.21. The molecule has 0 saturated carbocycles. The van der Waals surface area contributed by atoms with Crippen LogP contribution in [0.3, 0.4) is 0 Å². The number of hydrogen-bond donors (Lipinski definition) is 1. The Balaban J connectivity index is 1.50. The normalized spacial score (nSPS) is 16.8. The van der Waals surface area contributed by atoms with Gasteiger partial charge in [0.25, 0.3) is 11.6 Å². The molecule has 30 heavy (non-hydrogen) atoms. The summed E-state index contributed by atoms with van der Waals surface area (Å²) >= 11 is 0. The molecule has 1 amide bonds. The van der Waals surface area contributed by atoms with Crippen LogP contribution in [0, 0.1) is 10.1 Å². The second-order valence-electron chi connectivity index (χ2n) is 7.25. The molecule has 1 unspecified atom stereocenters. The predicted octanol–water partition coefficient (Wildman–Crippen LogP) is 2.13. The first-order chi connectivity index (χ1) is 14.4. The monoisotopic (exact) mass is 401 g/mol. The first-order valence-corrected chi connectivity index (χ1v) is 9.43. The van der Waals surface area contributed by atoms with E-state index in [1.54, 1.807) is 36.5 Å². The first-order valence-electron chi connectivity index (χ1n) is 9.43. The third kappa shape index (κ3) is 4.22. The molecule has 1 aromatic heterocycles. The molecule has 1 atom stereocenters. The average Bonchev–Trinajstić information content (AvgIpc) is 3.08. The third-order valence-electron chi connectivity index (χ3n) is 4.80. The quantitative estimate of drug-likeness (QED) is 0.504. The topological polar surface area (TPSA) is 110 Å². The van der Waals surface area contributed by atoms with Gasteiger partial charge >= 0.3 is 0 Å². The van der Waals surface area contributed by atoms with Gasteiger partial charge in [-0.25, -0.2) is 0 Å². The van der Waals surface area contributed by atoms with E-state index in [0.717, 1.165) is 16.6 Å². The third-order valence-corrected chi connectivity index (χ3v) is 4.80. The van der Waals surface area contributed by atoms with Crippen molar-refractivity contribution in [3.05, 3.63) is 105 Å². The van der Waals surface area contributed by atoms with Crippen molar-refractivity contribution in [2.24, 2.45) is 9.98 Å². The van der Waals surface area contributed by atoms with Crippen molar-refractivity contribution in [3.63, 3.8) is 0 Å². The average molecular weight is 401 g/mol. The van der Waals surface area contributed by atoms with Gasteiger partial charge in [0.15, 0.2) is 5.66 Å². The van der Waals surface area contributed by atoms with Crippen molar-refractivity contribution in [1.82, 2.24) is 10.3 Å². The number of nitrogens with zero attached hydrogens (tertiary/aromatic N) is 4. The van der Waals surface area contributed by atoms with Crippen molar-refractivity contribution in [2.45, 2.75) is 25.6 Å². The maximum atomic E-state index is 12.5. The number of rotatable bonds is 6. The summed E-state index contributed by atoms with van der Waals surface area (Å²) in [7, 11) is 0. The standard InChI is InChI=1S/C22H19N5O3/c1-22(13-15-5-8-18(9-6-15)27(29)30)25-19-10-7-16(12-20(19)26-22)21(28)24-14-17-4-2-3-11-23-17/h2-12H,13-14H2,1H3,(H,24,28). The van der Waals surface area contributed by atoms with Gasteiger partial charge in [-0.1, -0.05) is 18.2 Å². The summed E-state index contributed by atoms with van der Waals surface area (Å²) in [6.07, 6.45) is 2.18. The molecule has 0 aliphatic carbocycles. The number of non-ortho nitro benzene ring substituents is 1. The number of aromatic nitrogens is 1. The minimum Gasteiger partial charge on any atom is -0.346 e. The van der Waals surface area contributed by atoms with Gasteiger partial charge in [-0.2, -0.15) is 0 Å². The van der Waals surface area contributed by atoms with E-state index < -0.39 is 10.6 Å². The lowest BCUT2D eigenvalue weighted by Gasteiger charge is -2.17. The number of amides is 1. The van der Waals surface area contributed by atoms with E-state index in [1.807, 2.05) is 25.1 Å². The van der Waals surface area contributed by atoms with Gasteiger partial charge in [0.2, 0.25) is 0 Å². The Bertz CT molecular complexity index is 1230. The molecule has 1 N–H and O–H groups in total. The van der Waals surface area contributed by atoms with Crippen LogP contribution >= 0.6 is 0 Å². The van der Waals surface area contributed by atoms with E-state index in [-0.39, 0.29) is 11.6 Å². The van der Waals surface area contributed by atoms with Crippen molar-refractivity contribution in [1.29, 1.82) is 0 Å². The predicted molar refractivity (Wildman–Crippen MR) is 109 cm³/mol. The zero-order valence-electron chi connectivity index (χ0n) is 16.3. The summed E-state index contributed by atoms with van der Waals surface area (Å²) in [6.45, 7) is 2.24. The number of pyridine rings is 1. The lowest BCUT2D eigenvalue weighted by Crippen LogP contribution is -2.28. The van der Waals surface area contributed by atoms with Gasteiger partial charge in [0.05, 0.1) is 27.9 Å². The minimum atomic E-state index is -0.721. The van der Waals surface area contributed by atoms with Crippen LogP contribution in [0.2, 0.25) is 0 Å². The highest BCUT2D eigenvalue weighted by atomic mass is 16.6. The second kappa shape index (κ2) is 7.82. The number of benzene rings is 2. The van der Waals surface area contributed by atoms with E-state index in [1.165, 1.54) is 12.1 Å². The molecule has 2 heterocycles. The Morgan fingerprint density at radius 3 is 2.53 bits per heavy atom. The summed E-state index contributed by atoms with van der Waals surface area (Å²) in [5.74, 6) is -0.206. The van der Waals surface area contributed by atoms with Crippen LogP contribution < -0.4 is 16.0 Å². The summed E-state index contributed by atoms with van der Waals surface area (Å²) in [4.78, 5) is 36.5. The number of carbonyl (C=O) groups is 1. The minimum absolute atomic E-state index is 0.0499. The molecular weight excluding hydrogens is 382 g/mol. The maximum absolute atomic E-state index is 12.5. The molecule has 8 heteroatoms. The number of fused-ring (bicyclic) bond motifs is 1. The number of nitro benzene ring substituents is 1. The van der Waals surface area contributed by atoms with Crippen LogP contribution in [-0.4, -0.2) is 21.5 Å². The van der Waals surface area contributed by atoms with Crippen LogP contribution in [0.5, 0.6) is 0 Å². The van der Waals surface area contributed by atoms with E-state index in [0.29, 0.717) is 23.9 Å². The lowest BCUT2D eigenvalue weighted by molar-refractivity contribution is -0.384. The first kappa shape index (κ1) is 19.4. The number of carbonyl (C=O) groups excluding carboxylic acids is 1. The maximum Gasteiger partial charge on any atom is 0.269 e. The van der Waals surface area contributed by atoms with Crippen LogP contribution in [0.1, 0.15) is 28.5 Å². The van der Waals surface area contributed by atoms with Gasteiger partial charge in [0, 0.05) is 30.3 Å². The molecule has 0 radical (unpaired) electrons. The molecule has 0 bridgehead atoms. The molecule has 0 saturated heterocycles. The van der Waals surface area contributed by atoms with Gasteiger partial charge in [-0.15, -0.1) is 0 Å². The van der Waals surface area contributed by atoms with E-state index in [4.69, 9.17) is 4.99 Å². The SMILES string of the molecule is CC1(Cc2ccc([N+](=O)[O-])cc2)N=c2ccc(C(=O)NCc3ccccn3)cc2=N1. The van der Waals surface area contributed by atoms with Crippen molar-refractivity contribution in [3.8, 4) is 0 Å². The molecule has 3 aromatic rings. The van der Waals surface area contributed by atoms with E-state index in [9.17, 15) is 14.9 Å². The molecule has 1 aliphatic rings. The number of nitro groups is 1. The van der Waals surface area contributed by atoms with Crippen molar-refractivity contribution < 1.29 is 9.72 Å². The molecule has 0 spiro atoms. The molecule has 150 valence electrons. The Hall–Kier alpha value is -3.94. The van der Waals surface area contributed by atoms with Crippen LogP contribution in [-0.2, 0) is 13.0 Å². The lowest BCUT2D eigenvalue weighted by atomic mass is 10.0. The second-order valence-corrected chi connectivity index (χ2v) is 7.25. The van der Waals surface area contributed by atoms with Gasteiger partial charge in [-0.05, 0) is 42.8 Å². The molecule has 4 rings (SSSR count). The Labute approximate surface area is 172 Å². The summed E-state index contributed by atoms with van der Waals surface area (Å²) in [5, 5.41) is 15.0. The Morgan fingerprint density at radius 2 is 1.83 bits per heavy atom. The molecule has 1 aliphatic heterocycles. The largest absolute Gasteiger partial charge is 0.346 e. The fourth-order valence-corrected chi connectivity index (χ4v) is 3.37. The van der Waals surface area contributed by atoms with Gasteiger partial charge in [0.1, 0.15) is 0 Å². The highest BCUT2D eigenvalue weighted by Gasteiger charge is 2.26.